The zero-order chi connectivity index (χ0) is 14.3. The fraction of sp³-hybridized carbons (Fsp3) is 0.889. The Morgan fingerprint density at radius 2 is 1.61 bits per heavy atom. The van der Waals surface area contributed by atoms with Gasteiger partial charge >= 0.3 is 5.97 Å². The average molecular weight is 271 g/mol. The first-order chi connectivity index (χ1) is 8.33. The molecule has 0 spiro atoms. The molecule has 0 aromatic heterocycles. The fourth-order valence-electron chi connectivity index (χ4n) is 1.28. The van der Waals surface area contributed by atoms with Crippen LogP contribution in [0.15, 0.2) is 0 Å². The molecule has 0 fully saturated rings. The summed E-state index contributed by atoms with van der Waals surface area (Å²) in [5.74, 6) is -1.31. The third-order valence-electron chi connectivity index (χ3n) is 2.30. The molecule has 0 amide bonds. The Kier molecular flexibility index (Phi) is 7.91. The number of hydrogen-bond acceptors (Lipinski definition) is 7. The van der Waals surface area contributed by atoms with Gasteiger partial charge in [0.25, 0.3) is 0 Å². The van der Waals surface area contributed by atoms with Gasteiger partial charge in [-0.2, -0.15) is 0 Å². The van der Waals surface area contributed by atoms with Crippen molar-refractivity contribution >= 4 is 5.97 Å². The Labute approximate surface area is 103 Å². The molecule has 0 unspecified atom stereocenters. The molecule has 4 atom stereocenters. The summed E-state index contributed by atoms with van der Waals surface area (Å²) in [6.45, 7) is -3.21. The van der Waals surface area contributed by atoms with Gasteiger partial charge in [-0.05, 0) is 0 Å². The molecule has 0 bridgehead atoms. The minimum atomic E-state index is -1.84. The second kappa shape index (κ2) is 8.29. The van der Waals surface area contributed by atoms with E-state index in [0.29, 0.717) is 4.90 Å². The highest BCUT2D eigenvalue weighted by Gasteiger charge is 2.31. The minimum absolute atomic E-state index is 0.542. The van der Waals surface area contributed by atoms with Crippen molar-refractivity contribution in [2.24, 2.45) is 0 Å². The van der Waals surface area contributed by atoms with E-state index in [4.69, 9.17) is 15.3 Å². The quantitative estimate of drug-likeness (QED) is 0.240. The van der Waals surface area contributed by atoms with E-state index in [1.165, 1.54) is 0 Å². The zero-order valence-electron chi connectivity index (χ0n) is 9.55. The van der Waals surface area contributed by atoms with Crippen LogP contribution in [0.4, 0.5) is 4.39 Å². The van der Waals surface area contributed by atoms with Crippen molar-refractivity contribution in [1.82, 2.24) is 4.90 Å². The Balaban J connectivity index is 4.35. The third-order valence-corrected chi connectivity index (χ3v) is 2.30. The molecule has 0 saturated heterocycles. The molecule has 8 nitrogen and oxygen atoms in total. The molecule has 0 saturated carbocycles. The molecule has 108 valence electrons. The molecule has 0 radical (unpaired) electrons. The highest BCUT2D eigenvalue weighted by molar-refractivity contribution is 5.69. The molecule has 9 heteroatoms. The maximum absolute atomic E-state index is 12.4. The topological polar surface area (TPSA) is 142 Å². The van der Waals surface area contributed by atoms with Crippen LogP contribution in [0.25, 0.3) is 0 Å². The molecule has 0 aliphatic carbocycles. The number of carboxylic acid groups (broad SMARTS) is 1. The van der Waals surface area contributed by atoms with Crippen molar-refractivity contribution < 1.29 is 39.8 Å². The summed E-state index contributed by atoms with van der Waals surface area (Å²) >= 11 is 0. The van der Waals surface area contributed by atoms with Crippen LogP contribution >= 0.6 is 0 Å². The standard InChI is InChI=1S/C9H18FNO7/c10-4-11(2-7(15)16)1-5(13)8(17)9(18)6(14)3-12/h5-6,8-9,12-14,17-18H,1-4H2,(H,15,16)/t5-,6+,8+,9+/m0/s1. The minimum Gasteiger partial charge on any atom is -0.480 e. The molecule has 0 rings (SSSR count). The van der Waals surface area contributed by atoms with Gasteiger partial charge in [-0.3, -0.25) is 9.69 Å². The summed E-state index contributed by atoms with van der Waals surface area (Å²) < 4.78 is 12.4. The summed E-state index contributed by atoms with van der Waals surface area (Å²) in [7, 11) is 0. The van der Waals surface area contributed by atoms with Gasteiger partial charge in [0.05, 0.1) is 19.3 Å². The second-order valence-corrected chi connectivity index (χ2v) is 3.82. The summed E-state index contributed by atoms with van der Waals surface area (Å²) in [4.78, 5) is 11.0. The lowest BCUT2D eigenvalue weighted by molar-refractivity contribution is -0.141. The summed E-state index contributed by atoms with van der Waals surface area (Å²) in [5.41, 5.74) is 0. The second-order valence-electron chi connectivity index (χ2n) is 3.82. The Morgan fingerprint density at radius 3 is 2.00 bits per heavy atom. The molecule has 0 aromatic carbocycles. The SMILES string of the molecule is O=C(O)CN(CF)C[C@H](O)[C@@H](O)[C@H](O)[C@H](O)CO. The van der Waals surface area contributed by atoms with E-state index in [9.17, 15) is 24.5 Å². The van der Waals surface area contributed by atoms with Gasteiger partial charge in [0.2, 0.25) is 0 Å². The van der Waals surface area contributed by atoms with Crippen molar-refractivity contribution in [1.29, 1.82) is 0 Å². The highest BCUT2D eigenvalue weighted by atomic mass is 19.1. The number of aliphatic hydroxyl groups is 5. The van der Waals surface area contributed by atoms with Gasteiger partial charge in [-0.15, -0.1) is 0 Å². The zero-order valence-corrected chi connectivity index (χ0v) is 9.55. The van der Waals surface area contributed by atoms with Crippen LogP contribution in [-0.2, 0) is 4.79 Å². The molecular weight excluding hydrogens is 253 g/mol. The number of hydrogen-bond donors (Lipinski definition) is 6. The molecule has 0 aromatic rings. The van der Waals surface area contributed by atoms with Gasteiger partial charge in [0.1, 0.15) is 25.1 Å². The first-order valence-electron chi connectivity index (χ1n) is 5.16. The van der Waals surface area contributed by atoms with E-state index in [0.717, 1.165) is 0 Å². The Bertz CT molecular complexity index is 255. The van der Waals surface area contributed by atoms with Crippen molar-refractivity contribution in [3.8, 4) is 0 Å². The van der Waals surface area contributed by atoms with Gasteiger partial charge in [0.15, 0.2) is 0 Å². The molecule has 18 heavy (non-hydrogen) atoms. The number of nitrogens with zero attached hydrogens (tertiary/aromatic N) is 1. The van der Waals surface area contributed by atoms with Crippen LogP contribution < -0.4 is 0 Å². The lowest BCUT2D eigenvalue weighted by Crippen LogP contribution is -2.50. The van der Waals surface area contributed by atoms with Crippen LogP contribution in [0.5, 0.6) is 0 Å². The van der Waals surface area contributed by atoms with E-state index < -0.39 is 56.9 Å². The smallest absolute Gasteiger partial charge is 0.317 e. The lowest BCUT2D eigenvalue weighted by Gasteiger charge is -2.28. The summed E-state index contributed by atoms with van der Waals surface area (Å²) in [5, 5.41) is 54.1. The summed E-state index contributed by atoms with van der Waals surface area (Å²) in [6, 6.07) is 0. The number of aliphatic carboxylic acids is 1. The van der Waals surface area contributed by atoms with Crippen LogP contribution in [0.1, 0.15) is 0 Å². The number of alkyl halides is 1. The molecular formula is C9H18FNO7. The first kappa shape index (κ1) is 17.2. The van der Waals surface area contributed by atoms with E-state index in [1.54, 1.807) is 0 Å². The highest BCUT2D eigenvalue weighted by Crippen LogP contribution is 2.07. The van der Waals surface area contributed by atoms with E-state index in [-0.39, 0.29) is 0 Å². The van der Waals surface area contributed by atoms with Crippen molar-refractivity contribution in [2.75, 3.05) is 26.5 Å². The molecule has 0 aliphatic rings. The largest absolute Gasteiger partial charge is 0.480 e. The lowest BCUT2D eigenvalue weighted by atomic mass is 10.0. The third kappa shape index (κ3) is 5.67. The normalized spacial score (nSPS) is 18.4. The van der Waals surface area contributed by atoms with Gasteiger partial charge in [-0.1, -0.05) is 0 Å². The van der Waals surface area contributed by atoms with Crippen molar-refractivity contribution in [2.45, 2.75) is 24.4 Å². The van der Waals surface area contributed by atoms with Crippen LogP contribution in [0, 0.1) is 0 Å². The maximum atomic E-state index is 12.4. The number of aliphatic hydroxyl groups excluding tert-OH is 5. The van der Waals surface area contributed by atoms with Crippen LogP contribution in [-0.4, -0.2) is 92.4 Å². The van der Waals surface area contributed by atoms with Gasteiger partial charge in [0, 0.05) is 6.54 Å². The van der Waals surface area contributed by atoms with E-state index in [2.05, 4.69) is 0 Å². The number of rotatable bonds is 9. The number of carboxylic acids is 1. The Morgan fingerprint density at radius 1 is 1.11 bits per heavy atom. The summed E-state index contributed by atoms with van der Waals surface area (Å²) in [6.07, 6.45) is -6.99. The van der Waals surface area contributed by atoms with Crippen LogP contribution in [0.3, 0.4) is 0 Å². The number of halogens is 1. The fourth-order valence-corrected chi connectivity index (χ4v) is 1.28. The first-order valence-corrected chi connectivity index (χ1v) is 5.16. The van der Waals surface area contributed by atoms with E-state index in [1.807, 2.05) is 0 Å². The van der Waals surface area contributed by atoms with Gasteiger partial charge < -0.3 is 30.6 Å². The van der Waals surface area contributed by atoms with Gasteiger partial charge in [-0.25, -0.2) is 4.39 Å². The monoisotopic (exact) mass is 271 g/mol. The number of carbonyl (C=O) groups is 1. The molecule has 0 heterocycles. The Hall–Kier alpha value is -0.840. The average Bonchev–Trinajstić information content (AvgIpc) is 2.34. The molecule has 0 aliphatic heterocycles. The molecule has 6 N–H and O–H groups in total. The predicted molar refractivity (Wildman–Crippen MR) is 56.3 cm³/mol. The van der Waals surface area contributed by atoms with Crippen molar-refractivity contribution in [3.05, 3.63) is 0 Å². The van der Waals surface area contributed by atoms with Crippen molar-refractivity contribution in [3.63, 3.8) is 0 Å². The maximum Gasteiger partial charge on any atom is 0.317 e. The van der Waals surface area contributed by atoms with E-state index >= 15 is 0 Å². The predicted octanol–water partition coefficient (Wildman–Crippen LogP) is -3.26. The van der Waals surface area contributed by atoms with Crippen LogP contribution in [0.2, 0.25) is 0 Å².